The molecule has 10 heteroatoms. The van der Waals surface area contributed by atoms with Gasteiger partial charge >= 0.3 is 0 Å². The molecule has 0 spiro atoms. The normalized spacial score (nSPS) is 11.7. The lowest BCUT2D eigenvalue weighted by Crippen LogP contribution is -2.30. The lowest BCUT2D eigenvalue weighted by Gasteiger charge is -2.14. The summed E-state index contributed by atoms with van der Waals surface area (Å²) in [6.07, 6.45) is 1.54. The van der Waals surface area contributed by atoms with Crippen LogP contribution in [-0.2, 0) is 9.59 Å². The average Bonchev–Trinajstić information content (AvgIpc) is 2.98. The second-order valence-corrected chi connectivity index (χ2v) is 10.9. The van der Waals surface area contributed by atoms with Gasteiger partial charge in [-0.2, -0.15) is 0 Å². The van der Waals surface area contributed by atoms with E-state index in [2.05, 4.69) is 16.0 Å². The molecule has 0 bridgehead atoms. The molecule has 4 rings (SSSR count). The summed E-state index contributed by atoms with van der Waals surface area (Å²) in [5.41, 5.74) is 7.54. The molecule has 0 saturated carbocycles. The molecule has 0 fully saturated rings. The highest BCUT2D eigenvalue weighted by Crippen LogP contribution is 2.26. The summed E-state index contributed by atoms with van der Waals surface area (Å²) in [6, 6.07) is 28.9. The van der Waals surface area contributed by atoms with Gasteiger partial charge in [0.2, 0.25) is 5.91 Å². The fourth-order valence-corrected chi connectivity index (χ4v) is 4.89. The molecule has 42 heavy (non-hydrogen) atoms. The predicted octanol–water partition coefficient (Wildman–Crippen LogP) is 5.97. The van der Waals surface area contributed by atoms with Crippen molar-refractivity contribution in [2.45, 2.75) is 17.1 Å². The fourth-order valence-electron chi connectivity index (χ4n) is 3.82. The zero-order chi connectivity index (χ0) is 30.1. The van der Waals surface area contributed by atoms with Crippen molar-refractivity contribution in [3.63, 3.8) is 0 Å². The van der Waals surface area contributed by atoms with Gasteiger partial charge in [0.15, 0.2) is 0 Å². The summed E-state index contributed by atoms with van der Waals surface area (Å²) in [6.45, 7) is 1.74. The first-order chi connectivity index (χ1) is 20.2. The maximum atomic E-state index is 13.3. The van der Waals surface area contributed by atoms with E-state index >= 15 is 0 Å². The number of anilines is 2. The third-order valence-corrected chi connectivity index (χ3v) is 7.28. The van der Waals surface area contributed by atoms with Crippen molar-refractivity contribution in [2.24, 2.45) is 5.73 Å². The minimum absolute atomic E-state index is 0.0334. The number of primary amides is 1. The van der Waals surface area contributed by atoms with Crippen LogP contribution in [-0.4, -0.2) is 28.9 Å². The first kappa shape index (κ1) is 30.1. The molecule has 0 aliphatic heterocycles. The zero-order valence-corrected chi connectivity index (χ0v) is 24.0. The van der Waals surface area contributed by atoms with Crippen molar-refractivity contribution < 1.29 is 19.2 Å². The number of para-hydroxylation sites is 1. The number of benzene rings is 4. The Morgan fingerprint density at radius 1 is 0.833 bits per heavy atom. The first-order valence-electron chi connectivity index (χ1n) is 12.8. The fraction of sp³-hybridized carbons (Fsp3) is 0.0625. The summed E-state index contributed by atoms with van der Waals surface area (Å²) >= 11 is 7.41. The van der Waals surface area contributed by atoms with E-state index in [0.29, 0.717) is 27.5 Å². The number of hydrogen-bond donors (Lipinski definition) is 4. The highest BCUT2D eigenvalue weighted by molar-refractivity contribution is 8.00. The molecule has 5 N–H and O–H groups in total. The van der Waals surface area contributed by atoms with Gasteiger partial charge < -0.3 is 21.7 Å². The highest BCUT2D eigenvalue weighted by Gasteiger charge is 2.18. The van der Waals surface area contributed by atoms with Crippen LogP contribution in [0.3, 0.4) is 0 Å². The number of halogens is 1. The maximum Gasteiger partial charge on any atom is 0.272 e. The number of hydrogen-bond acceptors (Lipinski definition) is 5. The molecule has 1 unspecified atom stereocenters. The van der Waals surface area contributed by atoms with Crippen LogP contribution in [0.5, 0.6) is 0 Å². The van der Waals surface area contributed by atoms with Crippen LogP contribution in [0.2, 0.25) is 5.02 Å². The molecule has 0 aliphatic carbocycles. The number of carbonyl (C=O) groups excluding carboxylic acids is 4. The highest BCUT2D eigenvalue weighted by atomic mass is 35.5. The molecule has 0 aromatic heterocycles. The van der Waals surface area contributed by atoms with E-state index in [0.717, 1.165) is 4.90 Å². The molecule has 4 amide bonds. The summed E-state index contributed by atoms with van der Waals surface area (Å²) < 4.78 is 0. The summed E-state index contributed by atoms with van der Waals surface area (Å²) in [5.74, 6) is -1.89. The molecule has 1 atom stereocenters. The Labute approximate surface area is 252 Å². The van der Waals surface area contributed by atoms with Crippen molar-refractivity contribution in [2.75, 3.05) is 10.6 Å². The Balaban J connectivity index is 1.43. The molecular formula is C32H27ClN4O4S. The second kappa shape index (κ2) is 14.2. The maximum absolute atomic E-state index is 13.3. The Morgan fingerprint density at radius 2 is 1.52 bits per heavy atom. The van der Waals surface area contributed by atoms with Crippen LogP contribution in [0.15, 0.2) is 114 Å². The van der Waals surface area contributed by atoms with Crippen molar-refractivity contribution in [3.05, 3.63) is 131 Å². The summed E-state index contributed by atoms with van der Waals surface area (Å²) in [5, 5.41) is 8.23. The van der Waals surface area contributed by atoms with Gasteiger partial charge in [-0.1, -0.05) is 54.1 Å². The van der Waals surface area contributed by atoms with Gasteiger partial charge in [0.1, 0.15) is 5.70 Å². The average molecular weight is 599 g/mol. The Kier molecular flexibility index (Phi) is 10.1. The van der Waals surface area contributed by atoms with Crippen LogP contribution >= 0.6 is 23.4 Å². The molecule has 0 aliphatic rings. The molecule has 0 saturated heterocycles. The van der Waals surface area contributed by atoms with E-state index < -0.39 is 23.0 Å². The van der Waals surface area contributed by atoms with Crippen LogP contribution in [0.25, 0.3) is 6.08 Å². The van der Waals surface area contributed by atoms with E-state index in [1.54, 1.807) is 116 Å². The van der Waals surface area contributed by atoms with Gasteiger partial charge in [0.25, 0.3) is 17.7 Å². The minimum atomic E-state index is -0.631. The van der Waals surface area contributed by atoms with Gasteiger partial charge in [0, 0.05) is 21.2 Å². The van der Waals surface area contributed by atoms with E-state index in [-0.39, 0.29) is 17.2 Å². The Bertz CT molecular complexity index is 1640. The number of rotatable bonds is 10. The molecule has 212 valence electrons. The lowest BCUT2D eigenvalue weighted by molar-refractivity contribution is -0.115. The first-order valence-corrected chi connectivity index (χ1v) is 14.1. The number of thioether (sulfide) groups is 1. The number of amides is 4. The van der Waals surface area contributed by atoms with Gasteiger partial charge in [-0.25, -0.2) is 0 Å². The van der Waals surface area contributed by atoms with Crippen LogP contribution in [0.1, 0.15) is 33.2 Å². The monoisotopic (exact) mass is 598 g/mol. The van der Waals surface area contributed by atoms with E-state index in [1.807, 2.05) is 0 Å². The SMILES string of the molecule is CC(Sc1ccc(NC(=O)/C(=C/c2cccc(Cl)c2)NC(=O)c2ccccc2)cc1)C(=O)Nc1ccccc1C(N)=O. The lowest BCUT2D eigenvalue weighted by atomic mass is 10.1. The van der Waals surface area contributed by atoms with Crippen molar-refractivity contribution in [1.29, 1.82) is 0 Å². The largest absolute Gasteiger partial charge is 0.366 e. The number of nitrogens with two attached hydrogens (primary N) is 1. The van der Waals surface area contributed by atoms with Gasteiger partial charge in [-0.3, -0.25) is 19.2 Å². The topological polar surface area (TPSA) is 130 Å². The smallest absolute Gasteiger partial charge is 0.272 e. The van der Waals surface area contributed by atoms with E-state index in [9.17, 15) is 19.2 Å². The molecule has 0 heterocycles. The second-order valence-electron chi connectivity index (χ2n) is 9.07. The van der Waals surface area contributed by atoms with Gasteiger partial charge in [0.05, 0.1) is 16.5 Å². The third kappa shape index (κ3) is 8.33. The zero-order valence-electron chi connectivity index (χ0n) is 22.5. The molecular weight excluding hydrogens is 572 g/mol. The predicted molar refractivity (Wildman–Crippen MR) is 167 cm³/mol. The Morgan fingerprint density at radius 3 is 2.21 bits per heavy atom. The minimum Gasteiger partial charge on any atom is -0.366 e. The summed E-state index contributed by atoms with van der Waals surface area (Å²) in [7, 11) is 0. The standard InChI is InChI=1S/C32H27ClN4O4S/c1-20(30(39)36-27-13-6-5-12-26(27)29(34)38)42-25-16-14-24(15-17-25)35-32(41)28(19-21-8-7-11-23(33)18-21)37-31(40)22-9-3-2-4-10-22/h2-20H,1H3,(H2,34,38)(H,35,41)(H,36,39)(H,37,40)/b28-19-. The van der Waals surface area contributed by atoms with Crippen LogP contribution in [0, 0.1) is 0 Å². The van der Waals surface area contributed by atoms with Crippen LogP contribution < -0.4 is 21.7 Å². The number of nitrogens with one attached hydrogen (secondary N) is 3. The van der Waals surface area contributed by atoms with Crippen molar-refractivity contribution in [1.82, 2.24) is 5.32 Å². The third-order valence-electron chi connectivity index (χ3n) is 5.93. The molecule has 4 aromatic rings. The summed E-state index contributed by atoms with van der Waals surface area (Å²) in [4.78, 5) is 51.3. The van der Waals surface area contributed by atoms with Crippen molar-refractivity contribution in [3.8, 4) is 0 Å². The van der Waals surface area contributed by atoms with Crippen molar-refractivity contribution >= 4 is 64.4 Å². The molecule has 4 aromatic carbocycles. The molecule has 8 nitrogen and oxygen atoms in total. The molecule has 0 radical (unpaired) electrons. The van der Waals surface area contributed by atoms with Crippen LogP contribution in [0.4, 0.5) is 11.4 Å². The van der Waals surface area contributed by atoms with Gasteiger partial charge in [-0.05, 0) is 79.2 Å². The Hall–Kier alpha value is -4.86. The van der Waals surface area contributed by atoms with E-state index in [1.165, 1.54) is 11.8 Å². The van der Waals surface area contributed by atoms with E-state index in [4.69, 9.17) is 17.3 Å². The van der Waals surface area contributed by atoms with Gasteiger partial charge in [-0.15, -0.1) is 11.8 Å². The number of carbonyl (C=O) groups is 4. The quantitative estimate of drug-likeness (QED) is 0.132.